The molecule has 2 rings (SSSR count). The molecule has 0 amide bonds. The largest absolute Gasteiger partial charge is 0.314 e. The Morgan fingerprint density at radius 1 is 1.28 bits per heavy atom. The lowest BCUT2D eigenvalue weighted by Gasteiger charge is -2.19. The van der Waals surface area contributed by atoms with Crippen LogP contribution >= 0.6 is 0 Å². The highest BCUT2D eigenvalue weighted by atomic mass is 19.3. The summed E-state index contributed by atoms with van der Waals surface area (Å²) < 4.78 is 26.1. The molecule has 2 atom stereocenters. The summed E-state index contributed by atoms with van der Waals surface area (Å²) in [7, 11) is 0. The van der Waals surface area contributed by atoms with E-state index in [9.17, 15) is 8.78 Å². The van der Waals surface area contributed by atoms with Crippen LogP contribution in [0.5, 0.6) is 0 Å². The second-order valence-corrected chi connectivity index (χ2v) is 6.29. The molecule has 2 unspecified atom stereocenters. The Labute approximate surface area is 110 Å². The molecular formula is C15H27F2N. The molecule has 18 heavy (non-hydrogen) atoms. The molecule has 2 aliphatic carbocycles. The maximum Gasteiger partial charge on any atom is 0.248 e. The summed E-state index contributed by atoms with van der Waals surface area (Å²) in [6, 6.07) is 0.659. The van der Waals surface area contributed by atoms with Gasteiger partial charge in [0.15, 0.2) is 0 Å². The van der Waals surface area contributed by atoms with Gasteiger partial charge in [-0.15, -0.1) is 0 Å². The summed E-state index contributed by atoms with van der Waals surface area (Å²) in [6.45, 7) is 3.29. The highest BCUT2D eigenvalue weighted by Crippen LogP contribution is 2.41. The summed E-state index contributed by atoms with van der Waals surface area (Å²) >= 11 is 0. The molecule has 0 aromatic carbocycles. The summed E-state index contributed by atoms with van der Waals surface area (Å²) in [4.78, 5) is 0. The SMILES string of the molecule is CCCNC(CCCC1CCC(F)(F)C1)C1CC1. The number of nitrogens with one attached hydrogen (secondary N) is 1. The van der Waals surface area contributed by atoms with Gasteiger partial charge in [-0.05, 0) is 50.5 Å². The highest BCUT2D eigenvalue weighted by molar-refractivity contribution is 4.87. The zero-order valence-corrected chi connectivity index (χ0v) is 11.6. The predicted molar refractivity (Wildman–Crippen MR) is 70.9 cm³/mol. The first-order valence-corrected chi connectivity index (χ1v) is 7.72. The lowest BCUT2D eigenvalue weighted by Crippen LogP contribution is -2.31. The average molecular weight is 259 g/mol. The summed E-state index contributed by atoms with van der Waals surface area (Å²) in [5, 5.41) is 3.62. The molecule has 2 aliphatic rings. The quantitative estimate of drug-likeness (QED) is 0.682. The zero-order valence-electron chi connectivity index (χ0n) is 11.6. The van der Waals surface area contributed by atoms with E-state index in [1.165, 1.54) is 25.7 Å². The van der Waals surface area contributed by atoms with Crippen molar-refractivity contribution in [1.29, 1.82) is 0 Å². The molecule has 0 bridgehead atoms. The third kappa shape index (κ3) is 4.49. The Kier molecular flexibility index (Phi) is 4.99. The molecule has 0 saturated heterocycles. The molecule has 0 aliphatic heterocycles. The number of rotatable bonds is 8. The fraction of sp³-hybridized carbons (Fsp3) is 1.00. The molecule has 1 N–H and O–H groups in total. The number of alkyl halides is 2. The molecule has 0 heterocycles. The van der Waals surface area contributed by atoms with Crippen molar-refractivity contribution in [3.63, 3.8) is 0 Å². The minimum Gasteiger partial charge on any atom is -0.314 e. The summed E-state index contributed by atoms with van der Waals surface area (Å²) in [6.07, 6.45) is 8.23. The molecule has 1 nitrogen and oxygen atoms in total. The van der Waals surface area contributed by atoms with E-state index in [2.05, 4.69) is 12.2 Å². The Bertz CT molecular complexity index is 251. The van der Waals surface area contributed by atoms with Crippen molar-refractivity contribution < 1.29 is 8.78 Å². The number of hydrogen-bond donors (Lipinski definition) is 1. The Hall–Kier alpha value is -0.180. The van der Waals surface area contributed by atoms with Gasteiger partial charge in [0.25, 0.3) is 0 Å². The predicted octanol–water partition coefficient (Wildman–Crippen LogP) is 4.37. The van der Waals surface area contributed by atoms with E-state index < -0.39 is 5.92 Å². The molecule has 0 radical (unpaired) electrons. The maximum atomic E-state index is 13.1. The van der Waals surface area contributed by atoms with Crippen LogP contribution in [0.4, 0.5) is 8.78 Å². The molecule has 2 fully saturated rings. The Morgan fingerprint density at radius 3 is 2.61 bits per heavy atom. The Morgan fingerprint density at radius 2 is 2.06 bits per heavy atom. The number of hydrogen-bond acceptors (Lipinski definition) is 1. The first kappa shape index (κ1) is 14.2. The van der Waals surface area contributed by atoms with Crippen LogP contribution < -0.4 is 5.32 Å². The topological polar surface area (TPSA) is 12.0 Å². The van der Waals surface area contributed by atoms with E-state index in [4.69, 9.17) is 0 Å². The van der Waals surface area contributed by atoms with Crippen molar-refractivity contribution in [2.24, 2.45) is 11.8 Å². The van der Waals surface area contributed by atoms with Gasteiger partial charge in [-0.2, -0.15) is 0 Å². The van der Waals surface area contributed by atoms with Crippen LogP contribution in [0.2, 0.25) is 0 Å². The van der Waals surface area contributed by atoms with E-state index in [1.54, 1.807) is 0 Å². The first-order chi connectivity index (χ1) is 8.61. The average Bonchev–Trinajstić information content (AvgIpc) is 3.09. The van der Waals surface area contributed by atoms with Gasteiger partial charge in [0.1, 0.15) is 0 Å². The minimum absolute atomic E-state index is 0.123. The van der Waals surface area contributed by atoms with Crippen LogP contribution in [-0.4, -0.2) is 18.5 Å². The van der Waals surface area contributed by atoms with Crippen molar-refractivity contribution in [3.8, 4) is 0 Å². The van der Waals surface area contributed by atoms with E-state index in [1.807, 2.05) is 0 Å². The summed E-state index contributed by atoms with van der Waals surface area (Å²) in [5.74, 6) is -1.20. The molecule has 3 heteroatoms. The zero-order chi connectivity index (χ0) is 13.0. The fourth-order valence-corrected chi connectivity index (χ4v) is 3.25. The smallest absolute Gasteiger partial charge is 0.248 e. The van der Waals surface area contributed by atoms with Crippen molar-refractivity contribution in [2.45, 2.75) is 76.7 Å². The molecular weight excluding hydrogens is 232 g/mol. The molecule has 106 valence electrons. The van der Waals surface area contributed by atoms with Crippen LogP contribution in [0, 0.1) is 11.8 Å². The second kappa shape index (κ2) is 6.31. The van der Waals surface area contributed by atoms with Crippen LogP contribution in [-0.2, 0) is 0 Å². The van der Waals surface area contributed by atoms with Gasteiger partial charge >= 0.3 is 0 Å². The van der Waals surface area contributed by atoms with Gasteiger partial charge in [0.2, 0.25) is 5.92 Å². The monoisotopic (exact) mass is 259 g/mol. The van der Waals surface area contributed by atoms with Gasteiger partial charge in [-0.1, -0.05) is 19.8 Å². The van der Waals surface area contributed by atoms with E-state index >= 15 is 0 Å². The van der Waals surface area contributed by atoms with Gasteiger partial charge < -0.3 is 5.32 Å². The lowest BCUT2D eigenvalue weighted by atomic mass is 9.97. The molecule has 2 saturated carbocycles. The van der Waals surface area contributed by atoms with Crippen molar-refractivity contribution in [1.82, 2.24) is 5.32 Å². The highest BCUT2D eigenvalue weighted by Gasteiger charge is 2.39. The standard InChI is InChI=1S/C15H27F2N/c1-2-10-18-14(13-6-7-13)5-3-4-12-8-9-15(16,17)11-12/h12-14,18H,2-11H2,1H3. The molecule has 0 aromatic rings. The molecule has 0 spiro atoms. The minimum atomic E-state index is -2.36. The van der Waals surface area contributed by atoms with Gasteiger partial charge in [0.05, 0.1) is 0 Å². The van der Waals surface area contributed by atoms with Crippen LogP contribution in [0.3, 0.4) is 0 Å². The van der Waals surface area contributed by atoms with Crippen LogP contribution in [0.1, 0.15) is 64.7 Å². The third-order valence-electron chi connectivity index (χ3n) is 4.48. The fourth-order valence-electron chi connectivity index (χ4n) is 3.25. The van der Waals surface area contributed by atoms with Crippen molar-refractivity contribution >= 4 is 0 Å². The van der Waals surface area contributed by atoms with Crippen molar-refractivity contribution in [3.05, 3.63) is 0 Å². The Balaban J connectivity index is 1.61. The lowest BCUT2D eigenvalue weighted by molar-refractivity contribution is 0.00460. The second-order valence-electron chi connectivity index (χ2n) is 6.29. The maximum absolute atomic E-state index is 13.1. The van der Waals surface area contributed by atoms with Crippen molar-refractivity contribution in [2.75, 3.05) is 6.54 Å². The first-order valence-electron chi connectivity index (χ1n) is 7.72. The summed E-state index contributed by atoms with van der Waals surface area (Å²) in [5.41, 5.74) is 0. The van der Waals surface area contributed by atoms with Gasteiger partial charge in [-0.3, -0.25) is 0 Å². The van der Waals surface area contributed by atoms with E-state index in [0.29, 0.717) is 6.04 Å². The third-order valence-corrected chi connectivity index (χ3v) is 4.48. The number of halogens is 2. The van der Waals surface area contributed by atoms with Crippen LogP contribution in [0.15, 0.2) is 0 Å². The van der Waals surface area contributed by atoms with Gasteiger partial charge in [-0.25, -0.2) is 8.78 Å². The van der Waals surface area contributed by atoms with Crippen LogP contribution in [0.25, 0.3) is 0 Å². The van der Waals surface area contributed by atoms with Gasteiger partial charge in [0, 0.05) is 18.9 Å². The van der Waals surface area contributed by atoms with E-state index in [0.717, 1.165) is 31.7 Å². The van der Waals surface area contributed by atoms with E-state index in [-0.39, 0.29) is 18.8 Å². The normalized spacial score (nSPS) is 28.5. The molecule has 0 aromatic heterocycles.